The molecule has 1 amide bonds. The lowest BCUT2D eigenvalue weighted by Crippen LogP contribution is -2.44. The molecule has 4 heterocycles. The summed E-state index contributed by atoms with van der Waals surface area (Å²) in [6, 6.07) is 9.61. The molecule has 0 fully saturated rings. The van der Waals surface area contributed by atoms with Crippen molar-refractivity contribution in [3.63, 3.8) is 0 Å². The lowest BCUT2D eigenvalue weighted by Gasteiger charge is -2.31. The molecule has 2 aliphatic rings. The fourth-order valence-electron chi connectivity index (χ4n) is 6.23. The number of hydrogen-bond donors (Lipinski definition) is 4. The number of fused-ring (bicyclic) bond motifs is 5. The smallest absolute Gasteiger partial charge is 0.343 e. The topological polar surface area (TPSA) is 185 Å². The van der Waals surface area contributed by atoms with E-state index in [0.29, 0.717) is 30.4 Å². The Morgan fingerprint density at radius 2 is 1.84 bits per heavy atom. The average molecular weight is 636 g/mol. The van der Waals surface area contributed by atoms with Crippen molar-refractivity contribution in [3.8, 4) is 11.4 Å². The summed E-state index contributed by atoms with van der Waals surface area (Å²) >= 11 is 0. The standard InChI is InChI=1S/C32H37N3O9Si/c1-4-32(43)22-15-25-28-20(16-35(25)29(39)21(22)17-44-31(32)42)18(19-7-5-6-8-23(19)34-28)11-13-45(2,3)14-12-26(36)33-24(30(40)41)9-10-27(37)38/h5-8,15,24,43H,4,9-14,16-17H2,1-3H3,(H,33,36)(H,37,38)(H,40,41)/t24-,32-/m0/s1. The minimum absolute atomic E-state index is 0.0576. The summed E-state index contributed by atoms with van der Waals surface area (Å²) in [7, 11) is -2.01. The van der Waals surface area contributed by atoms with E-state index in [1.54, 1.807) is 17.6 Å². The summed E-state index contributed by atoms with van der Waals surface area (Å²) in [4.78, 5) is 66.1. The van der Waals surface area contributed by atoms with Gasteiger partial charge in [-0.2, -0.15) is 0 Å². The van der Waals surface area contributed by atoms with Crippen molar-refractivity contribution in [3.05, 3.63) is 62.9 Å². The number of carbonyl (C=O) groups excluding carboxylic acids is 2. The van der Waals surface area contributed by atoms with Gasteiger partial charge in [0.15, 0.2) is 5.60 Å². The molecule has 2 aliphatic heterocycles. The highest BCUT2D eigenvalue weighted by Crippen LogP contribution is 2.41. The van der Waals surface area contributed by atoms with Gasteiger partial charge in [0.1, 0.15) is 12.6 Å². The number of hydrogen-bond acceptors (Lipinski definition) is 8. The van der Waals surface area contributed by atoms with Crippen LogP contribution in [-0.4, -0.2) is 62.8 Å². The van der Waals surface area contributed by atoms with Crippen molar-refractivity contribution in [1.82, 2.24) is 14.9 Å². The maximum absolute atomic E-state index is 13.7. The summed E-state index contributed by atoms with van der Waals surface area (Å²) in [6.45, 7) is 6.09. The van der Waals surface area contributed by atoms with Gasteiger partial charge in [0, 0.05) is 37.4 Å². The summed E-state index contributed by atoms with van der Waals surface area (Å²) in [5.74, 6) is -3.58. The van der Waals surface area contributed by atoms with Gasteiger partial charge in [-0.3, -0.25) is 14.4 Å². The van der Waals surface area contributed by atoms with Crippen molar-refractivity contribution in [2.24, 2.45) is 0 Å². The van der Waals surface area contributed by atoms with Crippen molar-refractivity contribution < 1.29 is 39.2 Å². The predicted molar refractivity (Wildman–Crippen MR) is 166 cm³/mol. The third-order valence-corrected chi connectivity index (χ3v) is 12.3. The molecule has 0 saturated heterocycles. The molecule has 12 nitrogen and oxygen atoms in total. The van der Waals surface area contributed by atoms with E-state index in [1.165, 1.54) is 0 Å². The fourth-order valence-corrected chi connectivity index (χ4v) is 8.31. The number of rotatable bonds is 12. The van der Waals surface area contributed by atoms with Crippen molar-refractivity contribution in [1.29, 1.82) is 0 Å². The van der Waals surface area contributed by atoms with E-state index in [0.717, 1.165) is 28.1 Å². The number of carboxylic acid groups (broad SMARTS) is 2. The lowest BCUT2D eigenvalue weighted by atomic mass is 9.86. The highest BCUT2D eigenvalue weighted by atomic mass is 28.3. The molecule has 45 heavy (non-hydrogen) atoms. The number of carboxylic acids is 2. The van der Waals surface area contributed by atoms with Gasteiger partial charge in [0.2, 0.25) is 5.91 Å². The number of amides is 1. The molecule has 0 aliphatic carbocycles. The Labute approximate surface area is 260 Å². The normalized spacial score (nSPS) is 17.6. The van der Waals surface area contributed by atoms with Crippen LogP contribution in [0.25, 0.3) is 22.3 Å². The Hall–Kier alpha value is -4.36. The molecule has 2 atom stereocenters. The second kappa shape index (κ2) is 12.2. The number of aromatic nitrogens is 2. The van der Waals surface area contributed by atoms with E-state index >= 15 is 0 Å². The Bertz CT molecular complexity index is 1780. The zero-order valence-electron chi connectivity index (χ0n) is 25.5. The number of esters is 1. The highest BCUT2D eigenvalue weighted by Gasteiger charge is 2.45. The number of aryl methyl sites for hydroxylation is 1. The second-order valence-corrected chi connectivity index (χ2v) is 17.9. The van der Waals surface area contributed by atoms with Gasteiger partial charge in [0.05, 0.1) is 29.0 Å². The van der Waals surface area contributed by atoms with E-state index in [4.69, 9.17) is 14.8 Å². The molecule has 1 aromatic carbocycles. The molecular formula is C32H37N3O9Si. The zero-order chi connectivity index (χ0) is 32.7. The summed E-state index contributed by atoms with van der Waals surface area (Å²) < 4.78 is 6.82. The van der Waals surface area contributed by atoms with Gasteiger partial charge >= 0.3 is 17.9 Å². The number of carbonyl (C=O) groups is 4. The van der Waals surface area contributed by atoms with Crippen LogP contribution < -0.4 is 10.9 Å². The van der Waals surface area contributed by atoms with E-state index < -0.39 is 43.5 Å². The first-order valence-electron chi connectivity index (χ1n) is 15.1. The molecule has 0 bridgehead atoms. The largest absolute Gasteiger partial charge is 0.481 e. The minimum Gasteiger partial charge on any atom is -0.481 e. The first-order valence-corrected chi connectivity index (χ1v) is 18.5. The van der Waals surface area contributed by atoms with Crippen LogP contribution >= 0.6 is 0 Å². The molecule has 2 aromatic heterocycles. The zero-order valence-corrected chi connectivity index (χ0v) is 26.5. The molecule has 238 valence electrons. The van der Waals surface area contributed by atoms with Gasteiger partial charge in [-0.05, 0) is 43.0 Å². The van der Waals surface area contributed by atoms with Crippen molar-refractivity contribution in [2.75, 3.05) is 0 Å². The third kappa shape index (κ3) is 6.14. The quantitative estimate of drug-likeness (QED) is 0.133. The number of aliphatic carboxylic acids is 2. The van der Waals surface area contributed by atoms with Crippen molar-refractivity contribution in [2.45, 2.75) is 89.0 Å². The molecule has 0 spiro atoms. The Kier molecular flexibility index (Phi) is 8.69. The molecule has 3 aromatic rings. The van der Waals surface area contributed by atoms with E-state index in [-0.39, 0.29) is 49.0 Å². The van der Waals surface area contributed by atoms with Crippen LogP contribution in [0.4, 0.5) is 0 Å². The number of benzene rings is 1. The van der Waals surface area contributed by atoms with Crippen LogP contribution in [-0.2, 0) is 49.1 Å². The first kappa shape index (κ1) is 32.0. The van der Waals surface area contributed by atoms with Gasteiger partial charge in [-0.15, -0.1) is 0 Å². The van der Waals surface area contributed by atoms with E-state index in [9.17, 15) is 34.2 Å². The molecule has 0 unspecified atom stereocenters. The maximum Gasteiger partial charge on any atom is 0.343 e. The van der Waals surface area contributed by atoms with E-state index in [2.05, 4.69) is 18.4 Å². The SMILES string of the molecule is CC[C@@]1(O)C(=O)OCc2c1cc1n(c2=O)Cc2c-1nc1ccccc1c2CC[Si](C)(C)CCC(=O)N[C@@H](CCC(=O)O)C(=O)O. The van der Waals surface area contributed by atoms with Crippen LogP contribution in [0.2, 0.25) is 25.2 Å². The third-order valence-electron chi connectivity index (χ3n) is 9.07. The maximum atomic E-state index is 13.7. The predicted octanol–water partition coefficient (Wildman–Crippen LogP) is 3.15. The molecule has 13 heteroatoms. The monoisotopic (exact) mass is 635 g/mol. The van der Waals surface area contributed by atoms with Crippen LogP contribution in [0.3, 0.4) is 0 Å². The van der Waals surface area contributed by atoms with Gasteiger partial charge in [0.25, 0.3) is 5.56 Å². The number of aliphatic hydroxyl groups is 1. The van der Waals surface area contributed by atoms with E-state index in [1.807, 2.05) is 24.3 Å². The van der Waals surface area contributed by atoms with Crippen LogP contribution in [0.5, 0.6) is 0 Å². The van der Waals surface area contributed by atoms with Gasteiger partial charge in [-0.1, -0.05) is 44.3 Å². The summed E-state index contributed by atoms with van der Waals surface area (Å²) in [6.07, 6.45) is 0.324. The molecule has 5 rings (SSSR count). The molecular weight excluding hydrogens is 598 g/mol. The van der Waals surface area contributed by atoms with Gasteiger partial charge in [-0.25, -0.2) is 14.6 Å². The Morgan fingerprint density at radius 3 is 2.53 bits per heavy atom. The van der Waals surface area contributed by atoms with Crippen molar-refractivity contribution >= 4 is 42.8 Å². The number of pyridine rings is 2. The molecule has 0 radical (unpaired) electrons. The number of cyclic esters (lactones) is 1. The first-order chi connectivity index (χ1) is 21.3. The number of nitrogens with one attached hydrogen (secondary N) is 1. The lowest BCUT2D eigenvalue weighted by molar-refractivity contribution is -0.172. The minimum atomic E-state index is -2.01. The average Bonchev–Trinajstić information content (AvgIpc) is 3.37. The number of para-hydroxylation sites is 1. The molecule has 4 N–H and O–H groups in total. The number of nitrogens with zero attached hydrogens (tertiary/aromatic N) is 2. The highest BCUT2D eigenvalue weighted by molar-refractivity contribution is 6.77. The second-order valence-electron chi connectivity index (χ2n) is 12.6. The van der Waals surface area contributed by atoms with Gasteiger partial charge < -0.3 is 29.9 Å². The van der Waals surface area contributed by atoms with Crippen LogP contribution in [0.1, 0.15) is 54.9 Å². The Morgan fingerprint density at radius 1 is 1.11 bits per heavy atom. The summed E-state index contributed by atoms with van der Waals surface area (Å²) in [5, 5.41) is 32.9. The molecule has 0 saturated carbocycles. The fraction of sp³-hybridized carbons (Fsp3) is 0.438. The Balaban J connectivity index is 1.40. The van der Waals surface area contributed by atoms with Crippen LogP contribution in [0, 0.1) is 0 Å². The number of ether oxygens (including phenoxy) is 1. The summed E-state index contributed by atoms with van der Waals surface area (Å²) in [5.41, 5.74) is 2.21. The van der Waals surface area contributed by atoms with Crippen LogP contribution in [0.15, 0.2) is 35.1 Å².